The Hall–Kier alpha value is -2.08. The summed E-state index contributed by atoms with van der Waals surface area (Å²) in [4.78, 5) is 0. The first-order chi connectivity index (χ1) is 12.0. The van der Waals surface area contributed by atoms with Gasteiger partial charge in [0, 0.05) is 17.0 Å². The molecule has 0 aliphatic heterocycles. The van der Waals surface area contributed by atoms with Gasteiger partial charge in [0.25, 0.3) is 0 Å². The van der Waals surface area contributed by atoms with E-state index in [-0.39, 0.29) is 18.9 Å². The molecule has 1 N–H and O–H groups in total. The van der Waals surface area contributed by atoms with Crippen molar-refractivity contribution >= 4 is 32.4 Å². The molecular formula is C19H18ClNO3S. The molecule has 0 radical (unpaired) electrons. The van der Waals surface area contributed by atoms with E-state index in [2.05, 4.69) is 4.72 Å². The number of fused-ring (bicyclic) bond motifs is 1. The number of hydrogen-bond acceptors (Lipinski definition) is 3. The SMILES string of the molecule is O=S(=O)(Cc1cccc(Cl)c1)NCCOc1cccc2ccccc12. The molecule has 0 fully saturated rings. The molecule has 4 nitrogen and oxygen atoms in total. The second kappa shape index (κ2) is 7.87. The summed E-state index contributed by atoms with van der Waals surface area (Å²) >= 11 is 5.88. The fourth-order valence-electron chi connectivity index (χ4n) is 2.58. The van der Waals surface area contributed by atoms with Crippen LogP contribution >= 0.6 is 11.6 Å². The van der Waals surface area contributed by atoms with E-state index in [0.29, 0.717) is 10.6 Å². The number of benzene rings is 3. The fraction of sp³-hybridized carbons (Fsp3) is 0.158. The molecule has 0 heterocycles. The Kier molecular flexibility index (Phi) is 5.58. The molecule has 3 aromatic rings. The van der Waals surface area contributed by atoms with Crippen molar-refractivity contribution in [3.8, 4) is 5.75 Å². The van der Waals surface area contributed by atoms with Crippen LogP contribution in [0.3, 0.4) is 0 Å². The van der Waals surface area contributed by atoms with Crippen LogP contribution < -0.4 is 9.46 Å². The minimum absolute atomic E-state index is 0.109. The standard InChI is InChI=1S/C19H18ClNO3S/c20-17-8-3-5-15(13-17)14-25(22,23)21-11-12-24-19-10-4-7-16-6-1-2-9-18(16)19/h1-10,13,21H,11-12,14H2. The van der Waals surface area contributed by atoms with Gasteiger partial charge in [0.05, 0.1) is 5.75 Å². The first-order valence-corrected chi connectivity index (χ1v) is 9.89. The lowest BCUT2D eigenvalue weighted by Gasteiger charge is -2.10. The van der Waals surface area contributed by atoms with E-state index in [1.54, 1.807) is 24.3 Å². The molecule has 0 bridgehead atoms. The molecule has 0 saturated carbocycles. The number of hydrogen-bond donors (Lipinski definition) is 1. The monoisotopic (exact) mass is 375 g/mol. The van der Waals surface area contributed by atoms with Gasteiger partial charge in [0.2, 0.25) is 10.0 Å². The second-order valence-corrected chi connectivity index (χ2v) is 7.85. The molecule has 0 aliphatic rings. The third-order valence-electron chi connectivity index (χ3n) is 3.68. The molecule has 0 atom stereocenters. The Labute approximate surface area is 152 Å². The molecule has 25 heavy (non-hydrogen) atoms. The molecule has 3 aromatic carbocycles. The normalized spacial score (nSPS) is 11.6. The molecule has 0 spiro atoms. The zero-order valence-electron chi connectivity index (χ0n) is 13.5. The summed E-state index contributed by atoms with van der Waals surface area (Å²) in [6.07, 6.45) is 0. The number of halogens is 1. The molecule has 0 aromatic heterocycles. The van der Waals surface area contributed by atoms with Crippen molar-refractivity contribution in [1.29, 1.82) is 0 Å². The van der Waals surface area contributed by atoms with Crippen molar-refractivity contribution < 1.29 is 13.2 Å². The van der Waals surface area contributed by atoms with Crippen molar-refractivity contribution in [2.24, 2.45) is 0 Å². The van der Waals surface area contributed by atoms with Crippen molar-refractivity contribution in [2.45, 2.75) is 5.75 Å². The average molecular weight is 376 g/mol. The van der Waals surface area contributed by atoms with Crippen LogP contribution in [0.4, 0.5) is 0 Å². The van der Waals surface area contributed by atoms with E-state index in [0.717, 1.165) is 16.5 Å². The number of nitrogens with one attached hydrogen (secondary N) is 1. The molecule has 0 unspecified atom stereocenters. The van der Waals surface area contributed by atoms with Crippen LogP contribution in [0.1, 0.15) is 5.56 Å². The van der Waals surface area contributed by atoms with Gasteiger partial charge in [-0.2, -0.15) is 0 Å². The van der Waals surface area contributed by atoms with E-state index in [9.17, 15) is 8.42 Å². The lowest BCUT2D eigenvalue weighted by Crippen LogP contribution is -2.29. The summed E-state index contributed by atoms with van der Waals surface area (Å²) in [6, 6.07) is 20.5. The summed E-state index contributed by atoms with van der Waals surface area (Å²) in [5, 5.41) is 2.61. The smallest absolute Gasteiger partial charge is 0.215 e. The summed E-state index contributed by atoms with van der Waals surface area (Å²) in [7, 11) is -3.44. The topological polar surface area (TPSA) is 55.4 Å². The number of rotatable bonds is 7. The van der Waals surface area contributed by atoms with E-state index >= 15 is 0 Å². The molecule has 130 valence electrons. The minimum Gasteiger partial charge on any atom is -0.492 e. The van der Waals surface area contributed by atoms with Gasteiger partial charge >= 0.3 is 0 Å². The predicted molar refractivity (Wildman–Crippen MR) is 102 cm³/mol. The summed E-state index contributed by atoms with van der Waals surface area (Å²) in [5.41, 5.74) is 0.648. The Balaban J connectivity index is 1.55. The van der Waals surface area contributed by atoms with Crippen LogP contribution in [0, 0.1) is 0 Å². The maximum absolute atomic E-state index is 12.1. The molecule has 0 saturated heterocycles. The highest BCUT2D eigenvalue weighted by Crippen LogP contribution is 2.24. The second-order valence-electron chi connectivity index (χ2n) is 5.61. The van der Waals surface area contributed by atoms with Gasteiger partial charge in [-0.05, 0) is 29.1 Å². The highest BCUT2D eigenvalue weighted by atomic mass is 35.5. The van der Waals surface area contributed by atoms with Crippen molar-refractivity contribution in [3.63, 3.8) is 0 Å². The summed E-state index contributed by atoms with van der Waals surface area (Å²) < 4.78 is 32.5. The van der Waals surface area contributed by atoms with Gasteiger partial charge in [0.1, 0.15) is 12.4 Å². The highest BCUT2D eigenvalue weighted by molar-refractivity contribution is 7.88. The average Bonchev–Trinajstić information content (AvgIpc) is 2.58. The maximum atomic E-state index is 12.1. The van der Waals surface area contributed by atoms with Gasteiger partial charge in [-0.1, -0.05) is 60.1 Å². The van der Waals surface area contributed by atoms with E-state index in [1.165, 1.54) is 0 Å². The highest BCUT2D eigenvalue weighted by Gasteiger charge is 2.11. The van der Waals surface area contributed by atoms with Crippen LogP contribution in [-0.4, -0.2) is 21.6 Å². The third-order valence-corrected chi connectivity index (χ3v) is 5.27. The lowest BCUT2D eigenvalue weighted by molar-refractivity contribution is 0.326. The van der Waals surface area contributed by atoms with Gasteiger partial charge in [0.15, 0.2) is 0 Å². The molecule has 6 heteroatoms. The Bertz CT molecular complexity index is 968. The molecule has 0 amide bonds. The fourth-order valence-corrected chi connectivity index (χ4v) is 3.90. The first kappa shape index (κ1) is 17.7. The first-order valence-electron chi connectivity index (χ1n) is 7.86. The molecular weight excluding hydrogens is 358 g/mol. The zero-order chi connectivity index (χ0) is 17.7. The largest absolute Gasteiger partial charge is 0.492 e. The van der Waals surface area contributed by atoms with Crippen LogP contribution in [0.25, 0.3) is 10.8 Å². The summed E-state index contributed by atoms with van der Waals surface area (Å²) in [5.74, 6) is 0.633. The lowest BCUT2D eigenvalue weighted by atomic mass is 10.1. The Morgan fingerprint density at radius 1 is 0.960 bits per heavy atom. The van der Waals surface area contributed by atoms with Gasteiger partial charge in [-0.3, -0.25) is 0 Å². The van der Waals surface area contributed by atoms with E-state index in [1.807, 2.05) is 42.5 Å². The third kappa shape index (κ3) is 4.95. The Morgan fingerprint density at radius 2 is 1.72 bits per heavy atom. The van der Waals surface area contributed by atoms with Crippen molar-refractivity contribution in [3.05, 3.63) is 77.3 Å². The Morgan fingerprint density at radius 3 is 2.56 bits per heavy atom. The quantitative estimate of drug-likeness (QED) is 0.635. The predicted octanol–water partition coefficient (Wildman–Crippen LogP) is 3.99. The maximum Gasteiger partial charge on any atom is 0.215 e. The van der Waals surface area contributed by atoms with Gasteiger partial charge < -0.3 is 4.74 Å². The number of ether oxygens (including phenoxy) is 1. The van der Waals surface area contributed by atoms with Crippen LogP contribution in [0.15, 0.2) is 66.7 Å². The van der Waals surface area contributed by atoms with Crippen LogP contribution in [0.2, 0.25) is 5.02 Å². The van der Waals surface area contributed by atoms with Crippen molar-refractivity contribution in [2.75, 3.05) is 13.2 Å². The summed E-state index contributed by atoms with van der Waals surface area (Å²) in [6.45, 7) is 0.453. The van der Waals surface area contributed by atoms with Gasteiger partial charge in [-0.15, -0.1) is 0 Å². The van der Waals surface area contributed by atoms with Gasteiger partial charge in [-0.25, -0.2) is 13.1 Å². The molecule has 0 aliphatic carbocycles. The van der Waals surface area contributed by atoms with E-state index in [4.69, 9.17) is 16.3 Å². The zero-order valence-corrected chi connectivity index (χ0v) is 15.1. The van der Waals surface area contributed by atoms with Crippen molar-refractivity contribution in [1.82, 2.24) is 4.72 Å². The van der Waals surface area contributed by atoms with E-state index < -0.39 is 10.0 Å². The van der Waals surface area contributed by atoms with Crippen LogP contribution in [-0.2, 0) is 15.8 Å². The number of sulfonamides is 1. The van der Waals surface area contributed by atoms with Crippen LogP contribution in [0.5, 0.6) is 5.75 Å². The minimum atomic E-state index is -3.44. The molecule has 3 rings (SSSR count).